The lowest BCUT2D eigenvalue weighted by molar-refractivity contribution is -0.126. The van der Waals surface area contributed by atoms with Gasteiger partial charge in [0.2, 0.25) is 5.91 Å². The lowest BCUT2D eigenvalue weighted by Gasteiger charge is -2.45. The highest BCUT2D eigenvalue weighted by Gasteiger charge is 2.41. The number of fused-ring (bicyclic) bond motifs is 2. The van der Waals surface area contributed by atoms with Crippen molar-refractivity contribution in [2.75, 3.05) is 7.11 Å². The molecule has 6 nitrogen and oxygen atoms in total. The molecule has 2 aliphatic rings. The van der Waals surface area contributed by atoms with E-state index < -0.39 is 6.04 Å². The van der Waals surface area contributed by atoms with Gasteiger partial charge in [0.05, 0.1) is 12.7 Å². The van der Waals surface area contributed by atoms with Gasteiger partial charge in [-0.3, -0.25) is 9.59 Å². The lowest BCUT2D eigenvalue weighted by atomic mass is 9.67. The fraction of sp³-hybridized carbons (Fsp3) is 0.636. The molecule has 2 bridgehead atoms. The SMILES string of the molecule is COc1ccccc1C(=O)NC(C(=O)NC1C2CCCC1CC(N)C2)C(C)C. The van der Waals surface area contributed by atoms with E-state index in [1.165, 1.54) is 13.5 Å². The highest BCUT2D eigenvalue weighted by molar-refractivity contribution is 5.99. The molecule has 0 aromatic heterocycles. The van der Waals surface area contributed by atoms with E-state index in [-0.39, 0.29) is 29.8 Å². The summed E-state index contributed by atoms with van der Waals surface area (Å²) >= 11 is 0. The standard InChI is InChI=1S/C22H33N3O3/c1-13(2)19(24-21(26)17-9-4-5-10-18(17)28-3)22(27)25-20-14-7-6-8-15(20)12-16(23)11-14/h4-5,9-10,13-16,19-20H,6-8,11-12,23H2,1-3H3,(H,24,26)(H,25,27). The molecule has 1 aromatic rings. The third-order valence-electron chi connectivity index (χ3n) is 6.27. The van der Waals surface area contributed by atoms with E-state index in [9.17, 15) is 9.59 Å². The van der Waals surface area contributed by atoms with Gasteiger partial charge >= 0.3 is 0 Å². The van der Waals surface area contributed by atoms with Crippen molar-refractivity contribution in [3.8, 4) is 5.75 Å². The average molecular weight is 388 g/mol. The number of amides is 2. The van der Waals surface area contributed by atoms with Gasteiger partial charge in [-0.1, -0.05) is 32.4 Å². The summed E-state index contributed by atoms with van der Waals surface area (Å²) < 4.78 is 5.28. The zero-order chi connectivity index (χ0) is 20.3. The number of methoxy groups -OCH3 is 1. The van der Waals surface area contributed by atoms with Crippen molar-refractivity contribution in [3.63, 3.8) is 0 Å². The first-order valence-electron chi connectivity index (χ1n) is 10.4. The summed E-state index contributed by atoms with van der Waals surface area (Å²) in [6, 6.07) is 6.87. The molecule has 154 valence electrons. The second-order valence-electron chi connectivity index (χ2n) is 8.61. The highest BCUT2D eigenvalue weighted by Crippen LogP contribution is 2.39. The maximum atomic E-state index is 13.1. The number of hydrogen-bond donors (Lipinski definition) is 3. The van der Waals surface area contributed by atoms with E-state index in [0.29, 0.717) is 23.1 Å². The normalized spacial score (nSPS) is 27.8. The summed E-state index contributed by atoms with van der Waals surface area (Å²) in [6.45, 7) is 3.90. The third-order valence-corrected chi connectivity index (χ3v) is 6.27. The van der Waals surface area contributed by atoms with Crippen LogP contribution in [0, 0.1) is 17.8 Å². The average Bonchev–Trinajstić information content (AvgIpc) is 2.66. The predicted molar refractivity (Wildman–Crippen MR) is 109 cm³/mol. The van der Waals surface area contributed by atoms with Crippen LogP contribution in [0.25, 0.3) is 0 Å². The maximum absolute atomic E-state index is 13.1. The molecule has 0 saturated heterocycles. The first-order chi connectivity index (χ1) is 13.4. The van der Waals surface area contributed by atoms with Crippen LogP contribution in [0.3, 0.4) is 0 Å². The Labute approximate surface area is 167 Å². The van der Waals surface area contributed by atoms with Gasteiger partial charge in [0.25, 0.3) is 5.91 Å². The van der Waals surface area contributed by atoms with E-state index in [0.717, 1.165) is 25.7 Å². The largest absolute Gasteiger partial charge is 0.496 e. The number of carbonyl (C=O) groups excluding carboxylic acids is 2. The van der Waals surface area contributed by atoms with Crippen molar-refractivity contribution < 1.29 is 14.3 Å². The van der Waals surface area contributed by atoms with Gasteiger partial charge in [-0.2, -0.15) is 0 Å². The van der Waals surface area contributed by atoms with Gasteiger partial charge in [-0.15, -0.1) is 0 Å². The number of rotatable bonds is 6. The lowest BCUT2D eigenvalue weighted by Crippen LogP contribution is -2.58. The molecule has 0 aliphatic heterocycles. The fourth-order valence-corrected chi connectivity index (χ4v) is 4.87. The molecular formula is C22H33N3O3. The minimum absolute atomic E-state index is 0.0238. The number of benzene rings is 1. The summed E-state index contributed by atoms with van der Waals surface area (Å²) in [4.78, 5) is 25.9. The molecule has 2 aliphatic carbocycles. The molecule has 6 heteroatoms. The molecule has 0 radical (unpaired) electrons. The topological polar surface area (TPSA) is 93.4 Å². The fourth-order valence-electron chi connectivity index (χ4n) is 4.87. The smallest absolute Gasteiger partial charge is 0.255 e. The van der Waals surface area contributed by atoms with Crippen LogP contribution in [-0.2, 0) is 4.79 Å². The quantitative estimate of drug-likeness (QED) is 0.699. The second-order valence-corrected chi connectivity index (χ2v) is 8.61. The Balaban J connectivity index is 1.70. The van der Waals surface area contributed by atoms with Crippen molar-refractivity contribution in [2.45, 2.75) is 64.1 Å². The second kappa shape index (κ2) is 8.95. The minimum atomic E-state index is -0.589. The van der Waals surface area contributed by atoms with Gasteiger partial charge in [-0.05, 0) is 55.6 Å². The van der Waals surface area contributed by atoms with Crippen molar-refractivity contribution in [3.05, 3.63) is 29.8 Å². The molecule has 2 fully saturated rings. The molecule has 28 heavy (non-hydrogen) atoms. The Morgan fingerprint density at radius 3 is 2.39 bits per heavy atom. The van der Waals surface area contributed by atoms with Crippen molar-refractivity contribution >= 4 is 11.8 Å². The number of hydrogen-bond acceptors (Lipinski definition) is 4. The molecule has 3 atom stereocenters. The number of ether oxygens (including phenoxy) is 1. The molecule has 0 heterocycles. The first-order valence-corrected chi connectivity index (χ1v) is 10.4. The summed E-state index contributed by atoms with van der Waals surface area (Å²) in [6.07, 6.45) is 5.40. The van der Waals surface area contributed by atoms with Crippen LogP contribution < -0.4 is 21.1 Å². The Kier molecular flexibility index (Phi) is 6.60. The van der Waals surface area contributed by atoms with Gasteiger partial charge in [0.15, 0.2) is 0 Å². The van der Waals surface area contributed by atoms with Crippen molar-refractivity contribution in [2.24, 2.45) is 23.5 Å². The molecular weight excluding hydrogens is 354 g/mol. The Morgan fingerprint density at radius 1 is 1.14 bits per heavy atom. The van der Waals surface area contributed by atoms with E-state index in [1.54, 1.807) is 18.2 Å². The van der Waals surface area contributed by atoms with Crippen molar-refractivity contribution in [1.82, 2.24) is 10.6 Å². The number of carbonyl (C=O) groups is 2. The molecule has 3 rings (SSSR count). The summed E-state index contributed by atoms with van der Waals surface area (Å²) in [7, 11) is 1.53. The zero-order valence-corrected chi connectivity index (χ0v) is 17.1. The zero-order valence-electron chi connectivity index (χ0n) is 17.1. The van der Waals surface area contributed by atoms with Gasteiger partial charge in [-0.25, -0.2) is 0 Å². The molecule has 3 unspecified atom stereocenters. The third kappa shape index (κ3) is 4.49. The van der Waals surface area contributed by atoms with Crippen LogP contribution >= 0.6 is 0 Å². The molecule has 0 spiro atoms. The van der Waals surface area contributed by atoms with E-state index >= 15 is 0 Å². The van der Waals surface area contributed by atoms with Crippen LogP contribution in [-0.4, -0.2) is 37.0 Å². The number of nitrogens with two attached hydrogens (primary N) is 1. The Hall–Kier alpha value is -2.08. The first kappa shape index (κ1) is 20.6. The molecule has 4 N–H and O–H groups in total. The van der Waals surface area contributed by atoms with Gasteiger partial charge in [0.1, 0.15) is 11.8 Å². The molecule has 2 saturated carbocycles. The predicted octanol–water partition coefficient (Wildman–Crippen LogP) is 2.47. The van der Waals surface area contributed by atoms with Gasteiger partial charge < -0.3 is 21.1 Å². The molecule has 1 aromatic carbocycles. The monoisotopic (exact) mass is 387 g/mol. The minimum Gasteiger partial charge on any atom is -0.496 e. The van der Waals surface area contributed by atoms with Crippen LogP contribution in [0.1, 0.15) is 56.3 Å². The number of nitrogens with one attached hydrogen (secondary N) is 2. The van der Waals surface area contributed by atoms with Crippen LogP contribution in [0.4, 0.5) is 0 Å². The van der Waals surface area contributed by atoms with E-state index in [4.69, 9.17) is 10.5 Å². The number of para-hydroxylation sites is 1. The summed E-state index contributed by atoms with van der Waals surface area (Å²) in [5, 5.41) is 6.18. The van der Waals surface area contributed by atoms with Crippen molar-refractivity contribution in [1.29, 1.82) is 0 Å². The van der Waals surface area contributed by atoms with E-state index in [2.05, 4.69) is 10.6 Å². The summed E-state index contributed by atoms with van der Waals surface area (Å²) in [5.74, 6) is 0.976. The Bertz CT molecular complexity index is 692. The van der Waals surface area contributed by atoms with Crippen LogP contribution in [0.2, 0.25) is 0 Å². The van der Waals surface area contributed by atoms with Crippen LogP contribution in [0.15, 0.2) is 24.3 Å². The highest BCUT2D eigenvalue weighted by atomic mass is 16.5. The maximum Gasteiger partial charge on any atom is 0.255 e. The van der Waals surface area contributed by atoms with E-state index in [1.807, 2.05) is 19.9 Å². The molecule has 2 amide bonds. The Morgan fingerprint density at radius 2 is 1.79 bits per heavy atom. The van der Waals surface area contributed by atoms with Gasteiger partial charge in [0, 0.05) is 12.1 Å². The summed E-state index contributed by atoms with van der Waals surface area (Å²) in [5.41, 5.74) is 6.64. The van der Waals surface area contributed by atoms with Crippen LogP contribution in [0.5, 0.6) is 5.75 Å².